The fourth-order valence-corrected chi connectivity index (χ4v) is 3.03. The van der Waals surface area contributed by atoms with E-state index in [0.29, 0.717) is 139 Å². The third-order valence-corrected chi connectivity index (χ3v) is 5.21. The van der Waals surface area contributed by atoms with Crippen LogP contribution < -0.4 is 0 Å². The van der Waals surface area contributed by atoms with Crippen LogP contribution in [0, 0.1) is 0 Å². The Hall–Kier alpha value is -1.01. The Morgan fingerprint density at radius 1 is 0.349 bits per heavy atom. The molecule has 0 aromatic carbocycles. The SMILES string of the molecule is CCCCCOCCOCCOCCOCCOCCOCCOCCOCCOCCOCCOCCOCC(=O)O. The standard InChI is InChI=1S/C29H58O14/c1-2-3-4-5-32-6-7-33-8-9-34-10-11-35-12-13-36-14-15-37-16-17-38-18-19-39-20-21-40-22-23-41-24-25-42-26-27-43-28-29(30)31/h2-28H2,1H3,(H,30,31). The third kappa shape index (κ3) is 41.0. The molecule has 14 nitrogen and oxygen atoms in total. The second-order valence-electron chi connectivity index (χ2n) is 8.89. The van der Waals surface area contributed by atoms with Gasteiger partial charge in [0.25, 0.3) is 0 Å². The Bertz CT molecular complexity index is 529. The van der Waals surface area contributed by atoms with Gasteiger partial charge in [0.1, 0.15) is 6.61 Å². The molecule has 1 N–H and O–H groups in total. The normalized spacial score (nSPS) is 11.5. The zero-order valence-corrected chi connectivity index (χ0v) is 26.3. The zero-order chi connectivity index (χ0) is 31.2. The van der Waals surface area contributed by atoms with E-state index in [2.05, 4.69) is 6.92 Å². The molecule has 0 unspecified atom stereocenters. The smallest absolute Gasteiger partial charge is 0.329 e. The van der Waals surface area contributed by atoms with Gasteiger partial charge in [-0.15, -0.1) is 0 Å². The third-order valence-electron chi connectivity index (χ3n) is 5.21. The predicted molar refractivity (Wildman–Crippen MR) is 157 cm³/mol. The molecule has 0 aromatic rings. The maximum atomic E-state index is 10.3. The molecule has 0 aliphatic rings. The minimum absolute atomic E-state index is 0.243. The van der Waals surface area contributed by atoms with Crippen molar-refractivity contribution in [2.75, 3.05) is 159 Å². The molecule has 0 amide bonds. The van der Waals surface area contributed by atoms with Crippen molar-refractivity contribution in [2.24, 2.45) is 0 Å². The molecular formula is C29H58O14. The van der Waals surface area contributed by atoms with Gasteiger partial charge in [0.2, 0.25) is 0 Å². The van der Waals surface area contributed by atoms with Crippen LogP contribution in [-0.2, 0) is 61.6 Å². The summed E-state index contributed by atoms with van der Waals surface area (Å²) in [6.45, 7) is 13.4. The van der Waals surface area contributed by atoms with Crippen molar-refractivity contribution in [1.29, 1.82) is 0 Å². The Balaban J connectivity index is 3.03. The molecule has 43 heavy (non-hydrogen) atoms. The summed E-state index contributed by atoms with van der Waals surface area (Å²) in [6, 6.07) is 0. The Labute approximate surface area is 257 Å². The van der Waals surface area contributed by atoms with Gasteiger partial charge in [0, 0.05) is 6.61 Å². The van der Waals surface area contributed by atoms with Crippen molar-refractivity contribution in [3.63, 3.8) is 0 Å². The van der Waals surface area contributed by atoms with Crippen LogP contribution in [0.3, 0.4) is 0 Å². The van der Waals surface area contributed by atoms with Crippen LogP contribution in [0.1, 0.15) is 26.2 Å². The average Bonchev–Trinajstić information content (AvgIpc) is 3.00. The summed E-state index contributed by atoms with van der Waals surface area (Å²) < 4.78 is 64.5. The molecule has 0 aliphatic heterocycles. The number of ether oxygens (including phenoxy) is 12. The van der Waals surface area contributed by atoms with Gasteiger partial charge in [-0.2, -0.15) is 0 Å². The molecule has 0 saturated heterocycles. The van der Waals surface area contributed by atoms with E-state index in [1.165, 1.54) is 12.8 Å². The first-order chi connectivity index (χ1) is 21.3. The number of hydrogen-bond acceptors (Lipinski definition) is 13. The van der Waals surface area contributed by atoms with Gasteiger partial charge in [-0.3, -0.25) is 0 Å². The lowest BCUT2D eigenvalue weighted by Gasteiger charge is -2.09. The maximum Gasteiger partial charge on any atom is 0.329 e. The van der Waals surface area contributed by atoms with E-state index in [1.54, 1.807) is 0 Å². The lowest BCUT2D eigenvalue weighted by Crippen LogP contribution is -2.15. The Kier molecular flexibility index (Phi) is 38.1. The molecule has 0 radical (unpaired) electrons. The maximum absolute atomic E-state index is 10.3. The van der Waals surface area contributed by atoms with Gasteiger partial charge in [-0.1, -0.05) is 19.8 Å². The quantitative estimate of drug-likeness (QED) is 0.0977. The van der Waals surface area contributed by atoms with E-state index >= 15 is 0 Å². The number of hydrogen-bond donors (Lipinski definition) is 1. The van der Waals surface area contributed by atoms with Crippen molar-refractivity contribution >= 4 is 5.97 Å². The van der Waals surface area contributed by atoms with E-state index < -0.39 is 5.97 Å². The molecule has 0 spiro atoms. The largest absolute Gasteiger partial charge is 0.480 e. The number of rotatable bonds is 39. The van der Waals surface area contributed by atoms with E-state index in [-0.39, 0.29) is 13.2 Å². The fourth-order valence-electron chi connectivity index (χ4n) is 3.03. The topological polar surface area (TPSA) is 148 Å². The van der Waals surface area contributed by atoms with Crippen molar-refractivity contribution in [3.05, 3.63) is 0 Å². The summed E-state index contributed by atoms with van der Waals surface area (Å²) in [5, 5.41) is 8.42. The Morgan fingerprint density at radius 3 is 0.767 bits per heavy atom. The molecule has 0 atom stereocenters. The molecule has 258 valence electrons. The van der Waals surface area contributed by atoms with Crippen molar-refractivity contribution in [2.45, 2.75) is 26.2 Å². The number of aliphatic carboxylic acids is 1. The van der Waals surface area contributed by atoms with Crippen molar-refractivity contribution in [1.82, 2.24) is 0 Å². The first-order valence-electron chi connectivity index (χ1n) is 15.4. The minimum Gasteiger partial charge on any atom is -0.480 e. The molecule has 0 rings (SSSR count). The van der Waals surface area contributed by atoms with Crippen LogP contribution in [0.4, 0.5) is 0 Å². The van der Waals surface area contributed by atoms with Gasteiger partial charge >= 0.3 is 5.97 Å². The average molecular weight is 631 g/mol. The zero-order valence-electron chi connectivity index (χ0n) is 26.3. The molecule has 0 aliphatic carbocycles. The van der Waals surface area contributed by atoms with E-state index in [1.807, 2.05) is 0 Å². The van der Waals surface area contributed by atoms with Gasteiger partial charge < -0.3 is 61.9 Å². The Morgan fingerprint density at radius 2 is 0.558 bits per heavy atom. The molecule has 0 aromatic heterocycles. The second-order valence-corrected chi connectivity index (χ2v) is 8.89. The highest BCUT2D eigenvalue weighted by molar-refractivity contribution is 5.67. The summed E-state index contributed by atoms with van der Waals surface area (Å²) in [5.74, 6) is -0.995. The first-order valence-corrected chi connectivity index (χ1v) is 15.4. The second kappa shape index (κ2) is 39.0. The van der Waals surface area contributed by atoms with Gasteiger partial charge in [-0.05, 0) is 6.42 Å². The van der Waals surface area contributed by atoms with Crippen LogP contribution in [0.25, 0.3) is 0 Å². The highest BCUT2D eigenvalue weighted by Gasteiger charge is 1.98. The summed E-state index contributed by atoms with van der Waals surface area (Å²) in [5.41, 5.74) is 0. The van der Waals surface area contributed by atoms with Crippen molar-refractivity contribution < 1.29 is 66.7 Å². The van der Waals surface area contributed by atoms with Gasteiger partial charge in [-0.25, -0.2) is 4.79 Å². The molecule has 0 saturated carbocycles. The predicted octanol–water partition coefficient (Wildman–Crippen LogP) is 1.46. The molecule has 0 heterocycles. The number of carboxylic acid groups (broad SMARTS) is 1. The lowest BCUT2D eigenvalue weighted by atomic mass is 10.3. The highest BCUT2D eigenvalue weighted by atomic mass is 16.6. The molecule has 0 fully saturated rings. The highest BCUT2D eigenvalue weighted by Crippen LogP contribution is 1.94. The molecule has 0 bridgehead atoms. The minimum atomic E-state index is -0.995. The van der Waals surface area contributed by atoms with E-state index in [4.69, 9.17) is 61.9 Å². The summed E-state index contributed by atoms with van der Waals surface area (Å²) in [7, 11) is 0. The lowest BCUT2D eigenvalue weighted by molar-refractivity contribution is -0.142. The van der Waals surface area contributed by atoms with Crippen molar-refractivity contribution in [3.8, 4) is 0 Å². The van der Waals surface area contributed by atoms with Gasteiger partial charge in [0.15, 0.2) is 0 Å². The van der Waals surface area contributed by atoms with E-state index in [9.17, 15) is 4.79 Å². The van der Waals surface area contributed by atoms with Crippen LogP contribution in [0.15, 0.2) is 0 Å². The first kappa shape index (κ1) is 42.0. The van der Waals surface area contributed by atoms with E-state index in [0.717, 1.165) is 13.0 Å². The van der Waals surface area contributed by atoms with Crippen LogP contribution in [0.5, 0.6) is 0 Å². The van der Waals surface area contributed by atoms with Crippen LogP contribution >= 0.6 is 0 Å². The fraction of sp³-hybridized carbons (Fsp3) is 0.966. The van der Waals surface area contributed by atoms with Gasteiger partial charge in [0.05, 0.1) is 145 Å². The molecular weight excluding hydrogens is 572 g/mol. The monoisotopic (exact) mass is 630 g/mol. The number of carboxylic acids is 1. The van der Waals surface area contributed by atoms with Crippen LogP contribution in [-0.4, -0.2) is 170 Å². The summed E-state index contributed by atoms with van der Waals surface area (Å²) in [4.78, 5) is 10.3. The van der Waals surface area contributed by atoms with Crippen LogP contribution in [0.2, 0.25) is 0 Å². The summed E-state index contributed by atoms with van der Waals surface area (Å²) >= 11 is 0. The molecule has 14 heteroatoms. The number of unbranched alkanes of at least 4 members (excludes halogenated alkanes) is 2. The summed E-state index contributed by atoms with van der Waals surface area (Å²) in [6.07, 6.45) is 3.53. The number of carbonyl (C=O) groups is 1.